The van der Waals surface area contributed by atoms with Gasteiger partial charge in [-0.2, -0.15) is 0 Å². The van der Waals surface area contributed by atoms with E-state index in [9.17, 15) is 19.5 Å². The number of ether oxygens (including phenoxy) is 2. The number of alkyl carbamates (subject to hydrolysis) is 1. The van der Waals surface area contributed by atoms with E-state index >= 15 is 0 Å². The van der Waals surface area contributed by atoms with Crippen LogP contribution in [0.4, 0.5) is 10.5 Å². The first-order valence-electron chi connectivity index (χ1n) is 9.74. The van der Waals surface area contributed by atoms with Crippen molar-refractivity contribution in [1.29, 1.82) is 0 Å². The van der Waals surface area contributed by atoms with Gasteiger partial charge in [0.25, 0.3) is 5.91 Å². The number of carbonyl (C=O) groups excluding carboxylic acids is 3. The minimum atomic E-state index is -1.47. The number of carbonyl (C=O) groups is 3. The lowest BCUT2D eigenvalue weighted by Gasteiger charge is -2.35. The molecule has 2 N–H and O–H groups in total. The largest absolute Gasteiger partial charge is 0.508 e. The van der Waals surface area contributed by atoms with E-state index in [1.54, 1.807) is 32.9 Å². The average Bonchev–Trinajstić information content (AvgIpc) is 2.95. The van der Waals surface area contributed by atoms with Gasteiger partial charge in [-0.3, -0.25) is 9.59 Å². The first-order valence-corrected chi connectivity index (χ1v) is 9.74. The van der Waals surface area contributed by atoms with Crippen LogP contribution in [0.15, 0.2) is 24.3 Å². The fraction of sp³-hybridized carbons (Fsp3) is 0.571. The van der Waals surface area contributed by atoms with Gasteiger partial charge in [0.1, 0.15) is 16.9 Å². The number of esters is 1. The second-order valence-electron chi connectivity index (χ2n) is 8.19. The molecule has 160 valence electrons. The van der Waals surface area contributed by atoms with Crippen LogP contribution in [-0.2, 0) is 19.1 Å². The van der Waals surface area contributed by atoms with Crippen molar-refractivity contribution in [3.05, 3.63) is 24.3 Å². The Kier molecular flexibility index (Phi) is 6.77. The zero-order valence-corrected chi connectivity index (χ0v) is 17.7. The summed E-state index contributed by atoms with van der Waals surface area (Å²) < 4.78 is 10.3. The van der Waals surface area contributed by atoms with Crippen molar-refractivity contribution in [2.75, 3.05) is 18.6 Å². The summed E-state index contributed by atoms with van der Waals surface area (Å²) in [7, 11) is 1.27. The van der Waals surface area contributed by atoms with Gasteiger partial charge in [-0.1, -0.05) is 13.3 Å². The highest BCUT2D eigenvalue weighted by Gasteiger charge is 2.56. The molecule has 0 radical (unpaired) electrons. The molecule has 0 aliphatic carbocycles. The lowest BCUT2D eigenvalue weighted by molar-refractivity contribution is -0.151. The third-order valence-electron chi connectivity index (χ3n) is 4.90. The maximum Gasteiger partial charge on any atom is 0.408 e. The Hall–Kier alpha value is -2.77. The molecule has 8 heteroatoms. The number of nitrogens with one attached hydrogen (secondary N) is 1. The average molecular weight is 406 g/mol. The number of hydrogen-bond acceptors (Lipinski definition) is 6. The standard InChI is InChI=1S/C21H30N2O6/c1-6-7-16(17(25)28-5)21(22-19(27)29-20(2,3)4)12-13-23(18(21)26)14-8-10-15(24)11-9-14/h8-11,16,24H,6-7,12-13H2,1-5H3,(H,22,27)/t16?,21-/m1/s1. The topological polar surface area (TPSA) is 105 Å². The molecular weight excluding hydrogens is 376 g/mol. The minimum Gasteiger partial charge on any atom is -0.508 e. The summed E-state index contributed by atoms with van der Waals surface area (Å²) in [4.78, 5) is 40.2. The van der Waals surface area contributed by atoms with Crippen LogP contribution in [0.2, 0.25) is 0 Å². The smallest absolute Gasteiger partial charge is 0.408 e. The summed E-state index contributed by atoms with van der Waals surface area (Å²) in [5, 5.41) is 12.2. The maximum absolute atomic E-state index is 13.5. The predicted molar refractivity (Wildman–Crippen MR) is 108 cm³/mol. The number of phenols is 1. The number of benzene rings is 1. The maximum atomic E-state index is 13.5. The van der Waals surface area contributed by atoms with E-state index in [0.717, 1.165) is 0 Å². The normalized spacial score (nSPS) is 20.3. The Morgan fingerprint density at radius 2 is 1.90 bits per heavy atom. The van der Waals surface area contributed by atoms with Gasteiger partial charge in [0, 0.05) is 12.2 Å². The number of amides is 2. The summed E-state index contributed by atoms with van der Waals surface area (Å²) in [6.45, 7) is 7.37. The van der Waals surface area contributed by atoms with E-state index < -0.39 is 35.0 Å². The van der Waals surface area contributed by atoms with Crippen molar-refractivity contribution >= 4 is 23.7 Å². The van der Waals surface area contributed by atoms with Crippen LogP contribution in [0.3, 0.4) is 0 Å². The van der Waals surface area contributed by atoms with Gasteiger partial charge >= 0.3 is 12.1 Å². The first-order chi connectivity index (χ1) is 13.5. The quantitative estimate of drug-likeness (QED) is 0.704. The lowest BCUT2D eigenvalue weighted by atomic mass is 9.79. The van der Waals surface area contributed by atoms with Crippen molar-refractivity contribution in [3.8, 4) is 5.75 Å². The highest BCUT2D eigenvalue weighted by atomic mass is 16.6. The van der Waals surface area contributed by atoms with Gasteiger partial charge in [-0.25, -0.2) is 4.79 Å². The third-order valence-corrected chi connectivity index (χ3v) is 4.90. The van der Waals surface area contributed by atoms with E-state index in [-0.39, 0.29) is 12.2 Å². The van der Waals surface area contributed by atoms with Gasteiger partial charge in [0.2, 0.25) is 0 Å². The molecule has 1 fully saturated rings. The number of anilines is 1. The van der Waals surface area contributed by atoms with Crippen LogP contribution in [0.25, 0.3) is 0 Å². The molecule has 1 aromatic rings. The molecule has 8 nitrogen and oxygen atoms in total. The molecule has 1 aliphatic heterocycles. The van der Waals surface area contributed by atoms with Gasteiger partial charge < -0.3 is 24.8 Å². The van der Waals surface area contributed by atoms with E-state index in [4.69, 9.17) is 9.47 Å². The zero-order valence-electron chi connectivity index (χ0n) is 17.7. The Morgan fingerprint density at radius 3 is 2.41 bits per heavy atom. The molecule has 0 saturated carbocycles. The number of aromatic hydroxyl groups is 1. The predicted octanol–water partition coefficient (Wildman–Crippen LogP) is 2.98. The second-order valence-corrected chi connectivity index (χ2v) is 8.19. The molecule has 1 aromatic carbocycles. The van der Waals surface area contributed by atoms with Crippen LogP contribution in [0, 0.1) is 5.92 Å². The Balaban J connectivity index is 2.44. The first kappa shape index (κ1) is 22.5. The van der Waals surface area contributed by atoms with Crippen molar-refractivity contribution < 1.29 is 29.0 Å². The van der Waals surface area contributed by atoms with Gasteiger partial charge in [-0.15, -0.1) is 0 Å². The van der Waals surface area contributed by atoms with Crippen LogP contribution >= 0.6 is 0 Å². The molecule has 1 unspecified atom stereocenters. The second kappa shape index (κ2) is 8.71. The number of hydrogen-bond donors (Lipinski definition) is 2. The van der Waals surface area contributed by atoms with E-state index in [1.165, 1.54) is 24.1 Å². The van der Waals surface area contributed by atoms with E-state index in [1.807, 2.05) is 6.92 Å². The highest BCUT2D eigenvalue weighted by Crippen LogP contribution is 2.37. The molecule has 2 amide bonds. The van der Waals surface area contributed by atoms with Crippen LogP contribution in [0.5, 0.6) is 5.75 Å². The van der Waals surface area contributed by atoms with E-state index in [0.29, 0.717) is 25.1 Å². The molecule has 1 aliphatic rings. The molecule has 29 heavy (non-hydrogen) atoms. The molecule has 2 rings (SSSR count). The number of methoxy groups -OCH3 is 1. The summed E-state index contributed by atoms with van der Waals surface area (Å²) in [6.07, 6.45) is 0.469. The van der Waals surface area contributed by atoms with Gasteiger partial charge in [0.05, 0.1) is 13.0 Å². The molecule has 1 saturated heterocycles. The Bertz CT molecular complexity index is 755. The molecule has 0 spiro atoms. The third kappa shape index (κ3) is 4.99. The molecule has 2 atom stereocenters. The Morgan fingerprint density at radius 1 is 1.28 bits per heavy atom. The highest BCUT2D eigenvalue weighted by molar-refractivity contribution is 6.06. The van der Waals surface area contributed by atoms with Gasteiger partial charge in [-0.05, 0) is 57.9 Å². The molecule has 1 heterocycles. The van der Waals surface area contributed by atoms with Crippen LogP contribution in [0.1, 0.15) is 47.0 Å². The zero-order chi connectivity index (χ0) is 21.8. The fourth-order valence-electron chi connectivity index (χ4n) is 3.62. The monoisotopic (exact) mass is 406 g/mol. The SMILES string of the molecule is CCCC(C(=O)OC)[C@]1(NC(=O)OC(C)(C)C)CCN(c2ccc(O)cc2)C1=O. The summed E-state index contributed by atoms with van der Waals surface area (Å²) >= 11 is 0. The number of rotatable bonds is 6. The van der Waals surface area contributed by atoms with E-state index in [2.05, 4.69) is 5.32 Å². The fourth-order valence-corrected chi connectivity index (χ4v) is 3.62. The van der Waals surface area contributed by atoms with Crippen LogP contribution < -0.4 is 10.2 Å². The Labute approximate surface area is 171 Å². The lowest BCUT2D eigenvalue weighted by Crippen LogP contribution is -2.61. The minimum absolute atomic E-state index is 0.0805. The van der Waals surface area contributed by atoms with Crippen LogP contribution in [-0.4, -0.2) is 47.9 Å². The molecule has 0 aromatic heterocycles. The summed E-state index contributed by atoms with van der Waals surface area (Å²) in [5.74, 6) is -1.72. The summed E-state index contributed by atoms with van der Waals surface area (Å²) in [6, 6.07) is 6.19. The number of nitrogens with zero attached hydrogens (tertiary/aromatic N) is 1. The van der Waals surface area contributed by atoms with Crippen molar-refractivity contribution in [2.24, 2.45) is 5.92 Å². The van der Waals surface area contributed by atoms with Crippen molar-refractivity contribution in [1.82, 2.24) is 5.32 Å². The number of phenolic OH excluding ortho intramolecular Hbond substituents is 1. The molecular formula is C21H30N2O6. The molecule has 0 bridgehead atoms. The van der Waals surface area contributed by atoms with Crippen molar-refractivity contribution in [2.45, 2.75) is 58.1 Å². The van der Waals surface area contributed by atoms with Crippen molar-refractivity contribution in [3.63, 3.8) is 0 Å². The van der Waals surface area contributed by atoms with Gasteiger partial charge in [0.15, 0.2) is 0 Å². The summed E-state index contributed by atoms with van der Waals surface area (Å²) in [5.41, 5.74) is -1.65.